The Kier molecular flexibility index (Phi) is 3.50. The van der Waals surface area contributed by atoms with Crippen molar-refractivity contribution < 1.29 is 0 Å². The molecular weight excluding hydrogens is 331 g/mol. The molecule has 0 amide bonds. The molecule has 0 aliphatic heterocycles. The summed E-state index contributed by atoms with van der Waals surface area (Å²) in [6, 6.07) is 0. The highest BCUT2D eigenvalue weighted by atomic mass is 79.9. The van der Waals surface area contributed by atoms with E-state index in [9.17, 15) is 0 Å². The third kappa shape index (κ3) is 1.88. The predicted octanol–water partition coefficient (Wildman–Crippen LogP) is 6.52. The lowest BCUT2D eigenvalue weighted by molar-refractivity contribution is -0.106. The summed E-state index contributed by atoms with van der Waals surface area (Å²) in [5.74, 6) is 7.69. The van der Waals surface area contributed by atoms with Crippen LogP contribution >= 0.6 is 15.8 Å². The average Bonchev–Trinajstić information content (AvgIpc) is 2.45. The van der Waals surface area contributed by atoms with Gasteiger partial charge in [-0.25, -0.2) is 0 Å². The highest BCUT2D eigenvalue weighted by Gasteiger charge is 2.62. The minimum atomic E-state index is 0.630. The van der Waals surface area contributed by atoms with E-state index in [4.69, 9.17) is 0 Å². The molecule has 0 nitrogen and oxygen atoms in total. The third-order valence-electron chi connectivity index (χ3n) is 9.64. The second-order valence-corrected chi connectivity index (χ2v) is 11.7. The molecule has 0 radical (unpaired) electrons. The van der Waals surface area contributed by atoms with E-state index >= 15 is 0 Å². The molecule has 0 aromatic heterocycles. The van der Waals surface area contributed by atoms with E-state index in [-0.39, 0.29) is 0 Å². The Morgan fingerprint density at radius 1 is 0.727 bits per heavy atom. The first-order chi connectivity index (χ1) is 10.2. The summed E-state index contributed by atoms with van der Waals surface area (Å²) < 4.78 is 0. The monoisotopic (exact) mass is 364 g/mol. The van der Waals surface area contributed by atoms with Crippen LogP contribution in [0, 0.1) is 46.3 Å². The van der Waals surface area contributed by atoms with Crippen LogP contribution in [0.5, 0.6) is 0 Å². The Hall–Kier alpha value is 0.545. The van der Waals surface area contributed by atoms with Gasteiger partial charge in [-0.3, -0.25) is 0 Å². The van der Waals surface area contributed by atoms with Crippen LogP contribution in [0.2, 0.25) is 11.6 Å². The molecule has 0 saturated heterocycles. The molecule has 0 aromatic carbocycles. The predicted molar refractivity (Wildman–Crippen MR) is 100 cm³/mol. The van der Waals surface area contributed by atoms with Gasteiger partial charge in [-0.2, -0.15) is 15.8 Å². The highest BCUT2D eigenvalue weighted by Crippen LogP contribution is 2.69. The van der Waals surface area contributed by atoms with E-state index in [0.29, 0.717) is 10.8 Å². The van der Waals surface area contributed by atoms with Crippen molar-refractivity contribution in [3.05, 3.63) is 0 Å². The summed E-state index contributed by atoms with van der Waals surface area (Å²) in [6.07, 6.45) is 6.01. The Labute approximate surface area is 146 Å². The van der Waals surface area contributed by atoms with Crippen molar-refractivity contribution in [1.82, 2.24) is 0 Å². The van der Waals surface area contributed by atoms with Crippen LogP contribution in [0.3, 0.4) is 0 Å². The second kappa shape index (κ2) is 4.80. The van der Waals surface area contributed by atoms with Crippen molar-refractivity contribution in [2.24, 2.45) is 46.3 Å². The zero-order chi connectivity index (χ0) is 16.0. The molecular formula is C20H34BBr. The van der Waals surface area contributed by atoms with E-state index in [0.717, 1.165) is 52.7 Å². The molecule has 0 N–H and O–H groups in total. The largest absolute Gasteiger partial charge is 0.229 e. The van der Waals surface area contributed by atoms with Gasteiger partial charge in [0.15, 0.2) is 0 Å². The fourth-order valence-electron chi connectivity index (χ4n) is 7.54. The average molecular weight is 365 g/mol. The molecule has 124 valence electrons. The van der Waals surface area contributed by atoms with Crippen LogP contribution in [-0.2, 0) is 0 Å². The number of halogens is 1. The van der Waals surface area contributed by atoms with E-state index < -0.39 is 0 Å². The normalized spacial score (nSPS) is 54.1. The van der Waals surface area contributed by atoms with Crippen LogP contribution in [0.4, 0.5) is 0 Å². The Morgan fingerprint density at radius 2 is 1.09 bits per heavy atom. The molecule has 0 heterocycles. The van der Waals surface area contributed by atoms with Crippen LogP contribution in [0.1, 0.15) is 67.2 Å². The molecule has 8 atom stereocenters. The number of rotatable bonds is 2. The van der Waals surface area contributed by atoms with E-state index in [1.54, 1.807) is 0 Å². The van der Waals surface area contributed by atoms with Crippen molar-refractivity contribution >= 4 is 21.3 Å². The van der Waals surface area contributed by atoms with Crippen molar-refractivity contribution in [2.45, 2.75) is 78.9 Å². The molecule has 22 heavy (non-hydrogen) atoms. The Morgan fingerprint density at radius 3 is 1.36 bits per heavy atom. The van der Waals surface area contributed by atoms with Crippen molar-refractivity contribution in [3.63, 3.8) is 0 Å². The standard InChI is InChI=1S/C20H34BBr/c1-11-15-7-13(19(15,3)4)9-17(11)21(22)18-10-14-8-16(12(18)2)20(14,5)6/h11-18H,7-10H2,1-6H3/t11-,12+,13-,14-,15+,16+,17+,18+/m1/s1. The third-order valence-corrected chi connectivity index (χ3v) is 11.0. The van der Waals surface area contributed by atoms with Crippen LogP contribution in [0.15, 0.2) is 0 Å². The second-order valence-electron chi connectivity index (χ2n) is 10.7. The number of hydrogen-bond acceptors (Lipinski definition) is 0. The zero-order valence-electron chi connectivity index (χ0n) is 15.4. The highest BCUT2D eigenvalue weighted by molar-refractivity contribution is 9.24. The fraction of sp³-hybridized carbons (Fsp3) is 1.00. The van der Waals surface area contributed by atoms with Gasteiger partial charge in [0.25, 0.3) is 0 Å². The molecule has 6 saturated carbocycles. The summed E-state index contributed by atoms with van der Waals surface area (Å²) in [5, 5.41) is 0. The van der Waals surface area contributed by atoms with Gasteiger partial charge in [0.2, 0.25) is 5.54 Å². The van der Waals surface area contributed by atoms with Gasteiger partial charge < -0.3 is 0 Å². The molecule has 0 unspecified atom stereocenters. The molecule has 6 fully saturated rings. The molecule has 0 aromatic rings. The van der Waals surface area contributed by atoms with E-state index in [1.165, 1.54) is 25.7 Å². The van der Waals surface area contributed by atoms with Crippen LogP contribution < -0.4 is 0 Å². The van der Waals surface area contributed by atoms with E-state index in [1.807, 2.05) is 0 Å². The van der Waals surface area contributed by atoms with Gasteiger partial charge in [0, 0.05) is 0 Å². The van der Waals surface area contributed by atoms with Gasteiger partial charge in [0.05, 0.1) is 0 Å². The lowest BCUT2D eigenvalue weighted by atomic mass is 9.30. The molecule has 2 heteroatoms. The molecule has 6 aliphatic carbocycles. The van der Waals surface area contributed by atoms with Crippen LogP contribution in [0.25, 0.3) is 0 Å². The van der Waals surface area contributed by atoms with Crippen molar-refractivity contribution in [1.29, 1.82) is 0 Å². The Balaban J connectivity index is 1.49. The van der Waals surface area contributed by atoms with E-state index in [2.05, 4.69) is 57.3 Å². The SMILES string of the molecule is C[C@@H]1[C@@H](B(Br)[C@H]2C[C@H]3C[C@@H]([C@H]2C)C3(C)C)C[C@H]2C[C@@H]1C2(C)C. The summed E-state index contributed by atoms with van der Waals surface area (Å²) in [7, 11) is 0. The first kappa shape index (κ1) is 16.0. The smallest absolute Gasteiger partial charge is 0.156 e. The minimum Gasteiger partial charge on any atom is -0.156 e. The zero-order valence-corrected chi connectivity index (χ0v) is 17.0. The number of fused-ring (bicyclic) bond motifs is 4. The summed E-state index contributed by atoms with van der Waals surface area (Å²) in [5.41, 5.74) is 2.04. The Bertz CT molecular complexity index is 428. The molecule has 0 spiro atoms. The quantitative estimate of drug-likeness (QED) is 0.489. The van der Waals surface area contributed by atoms with Gasteiger partial charge in [0.1, 0.15) is 0 Å². The first-order valence-electron chi connectivity index (χ1n) is 9.79. The van der Waals surface area contributed by atoms with Crippen molar-refractivity contribution in [3.8, 4) is 0 Å². The lowest BCUT2D eigenvalue weighted by Crippen LogP contribution is -2.58. The molecule has 4 bridgehead atoms. The molecule has 6 aliphatic rings. The summed E-state index contributed by atoms with van der Waals surface area (Å²) >= 11 is 4.25. The van der Waals surface area contributed by atoms with Gasteiger partial charge >= 0.3 is 0 Å². The fourth-order valence-corrected chi connectivity index (χ4v) is 8.93. The maximum absolute atomic E-state index is 4.25. The molecule has 6 rings (SSSR count). The number of hydrogen-bond donors (Lipinski definition) is 0. The van der Waals surface area contributed by atoms with Gasteiger partial charge in [-0.1, -0.05) is 54.4 Å². The lowest BCUT2D eigenvalue weighted by Gasteiger charge is -2.65. The van der Waals surface area contributed by atoms with Crippen LogP contribution in [-0.4, -0.2) is 5.54 Å². The minimum absolute atomic E-state index is 0.630. The topological polar surface area (TPSA) is 0 Å². The first-order valence-corrected chi connectivity index (χ1v) is 10.7. The van der Waals surface area contributed by atoms with Crippen molar-refractivity contribution in [2.75, 3.05) is 0 Å². The summed E-state index contributed by atoms with van der Waals surface area (Å²) in [6.45, 7) is 15.3. The summed E-state index contributed by atoms with van der Waals surface area (Å²) in [4.78, 5) is 0. The van der Waals surface area contributed by atoms with Gasteiger partial charge in [-0.05, 0) is 70.8 Å². The maximum Gasteiger partial charge on any atom is 0.229 e. The maximum atomic E-state index is 4.25. The van der Waals surface area contributed by atoms with Gasteiger partial charge in [-0.15, -0.1) is 0 Å².